The van der Waals surface area contributed by atoms with Crippen LogP contribution in [0.5, 0.6) is 23.0 Å². The molecule has 0 aliphatic rings. The van der Waals surface area contributed by atoms with Crippen molar-refractivity contribution in [2.24, 2.45) is 0 Å². The second-order valence-corrected chi connectivity index (χ2v) is 4.83. The fourth-order valence-electron chi connectivity index (χ4n) is 2.05. The van der Waals surface area contributed by atoms with Gasteiger partial charge in [0.2, 0.25) is 5.75 Å². The van der Waals surface area contributed by atoms with Crippen molar-refractivity contribution < 1.29 is 36.9 Å². The molecule has 2 aromatic carbocycles. The third kappa shape index (κ3) is 4.14. The van der Waals surface area contributed by atoms with E-state index < -0.39 is 17.7 Å². The van der Waals surface area contributed by atoms with Gasteiger partial charge in [0.25, 0.3) is 0 Å². The third-order valence-corrected chi connectivity index (χ3v) is 3.28. The summed E-state index contributed by atoms with van der Waals surface area (Å²) in [7, 11) is 3.94. The molecule has 0 atom stereocenters. The molecule has 0 fully saturated rings. The van der Waals surface area contributed by atoms with Crippen molar-refractivity contribution in [3.63, 3.8) is 0 Å². The molecule has 25 heavy (non-hydrogen) atoms. The Labute approximate surface area is 141 Å². The van der Waals surface area contributed by atoms with Crippen LogP contribution in [-0.2, 0) is 10.9 Å². The molecule has 134 valence electrons. The largest absolute Gasteiger partial charge is 0.493 e. The van der Waals surface area contributed by atoms with Crippen molar-refractivity contribution in [1.82, 2.24) is 0 Å². The number of hydrogen-bond acceptors (Lipinski definition) is 5. The van der Waals surface area contributed by atoms with Crippen molar-refractivity contribution in [2.45, 2.75) is 6.18 Å². The molecule has 2 aromatic rings. The van der Waals surface area contributed by atoms with Gasteiger partial charge in [-0.15, -0.1) is 0 Å². The van der Waals surface area contributed by atoms with E-state index in [2.05, 4.69) is 4.74 Å². The fraction of sp³-hybridized carbons (Fsp3) is 0.235. The summed E-state index contributed by atoms with van der Waals surface area (Å²) >= 11 is 0. The first-order chi connectivity index (χ1) is 11.8. The van der Waals surface area contributed by atoms with Crippen molar-refractivity contribution in [1.29, 1.82) is 0 Å². The van der Waals surface area contributed by atoms with Crippen molar-refractivity contribution in [2.75, 3.05) is 21.3 Å². The van der Waals surface area contributed by atoms with E-state index >= 15 is 0 Å². The predicted octanol–water partition coefficient (Wildman–Crippen LogP) is 4.30. The first-order valence-corrected chi connectivity index (χ1v) is 6.99. The van der Waals surface area contributed by atoms with Gasteiger partial charge in [0.05, 0.1) is 32.5 Å². The van der Waals surface area contributed by atoms with Gasteiger partial charge in [-0.05, 0) is 36.4 Å². The fourth-order valence-corrected chi connectivity index (χ4v) is 2.05. The van der Waals surface area contributed by atoms with E-state index in [1.807, 2.05) is 0 Å². The number of carbonyl (C=O) groups is 1. The van der Waals surface area contributed by atoms with Crippen LogP contribution < -0.4 is 14.2 Å². The van der Waals surface area contributed by atoms with E-state index in [0.717, 1.165) is 12.1 Å². The first kappa shape index (κ1) is 18.4. The molecule has 0 amide bonds. The zero-order valence-corrected chi connectivity index (χ0v) is 13.6. The minimum Gasteiger partial charge on any atom is -0.493 e. The van der Waals surface area contributed by atoms with Crippen LogP contribution in [0.4, 0.5) is 13.2 Å². The molecule has 0 aromatic heterocycles. The highest BCUT2D eigenvalue weighted by molar-refractivity contribution is 5.91. The molecule has 0 aliphatic heterocycles. The van der Waals surface area contributed by atoms with Crippen molar-refractivity contribution in [3.05, 3.63) is 47.5 Å². The highest BCUT2D eigenvalue weighted by atomic mass is 19.4. The van der Waals surface area contributed by atoms with Crippen molar-refractivity contribution in [3.8, 4) is 23.0 Å². The summed E-state index contributed by atoms with van der Waals surface area (Å²) in [4.78, 5) is 11.7. The Kier molecular flexibility index (Phi) is 5.41. The van der Waals surface area contributed by atoms with E-state index in [-0.39, 0.29) is 28.6 Å². The molecule has 0 bridgehead atoms. The molecule has 8 heteroatoms. The van der Waals surface area contributed by atoms with Gasteiger partial charge < -0.3 is 18.9 Å². The van der Waals surface area contributed by atoms with Crippen LogP contribution >= 0.6 is 0 Å². The normalized spacial score (nSPS) is 11.0. The topological polar surface area (TPSA) is 54.0 Å². The second kappa shape index (κ2) is 7.33. The van der Waals surface area contributed by atoms with Crippen LogP contribution in [0.3, 0.4) is 0 Å². The van der Waals surface area contributed by atoms with Gasteiger partial charge in [-0.3, -0.25) is 0 Å². The number of methoxy groups -OCH3 is 3. The van der Waals surface area contributed by atoms with Gasteiger partial charge in [-0.25, -0.2) is 4.79 Å². The molecule has 0 unspecified atom stereocenters. The Bertz CT molecular complexity index is 729. The lowest BCUT2D eigenvalue weighted by atomic mass is 10.1. The van der Waals surface area contributed by atoms with E-state index in [4.69, 9.17) is 14.2 Å². The molecule has 0 spiro atoms. The Morgan fingerprint density at radius 2 is 1.44 bits per heavy atom. The monoisotopic (exact) mass is 356 g/mol. The quantitative estimate of drug-likeness (QED) is 0.748. The smallest absolute Gasteiger partial charge is 0.416 e. The van der Waals surface area contributed by atoms with E-state index in [0.29, 0.717) is 0 Å². The minimum atomic E-state index is -4.43. The van der Waals surface area contributed by atoms with Crippen LogP contribution in [0, 0.1) is 0 Å². The van der Waals surface area contributed by atoms with Gasteiger partial charge in [-0.1, -0.05) is 0 Å². The average Bonchev–Trinajstić information content (AvgIpc) is 2.60. The minimum absolute atomic E-state index is 0.123. The summed E-state index contributed by atoms with van der Waals surface area (Å²) in [6.07, 6.45) is -4.43. The van der Waals surface area contributed by atoms with Crippen molar-refractivity contribution >= 4 is 5.97 Å². The second-order valence-electron chi connectivity index (χ2n) is 4.83. The lowest BCUT2D eigenvalue weighted by Gasteiger charge is -2.16. The highest BCUT2D eigenvalue weighted by Crippen LogP contribution is 2.42. The molecule has 0 saturated heterocycles. The highest BCUT2D eigenvalue weighted by Gasteiger charge is 2.30. The number of ether oxygens (including phenoxy) is 4. The van der Waals surface area contributed by atoms with E-state index in [1.165, 1.54) is 45.6 Å². The number of rotatable bonds is 5. The van der Waals surface area contributed by atoms with Gasteiger partial charge in [0.15, 0.2) is 11.5 Å². The molecule has 0 N–H and O–H groups in total. The number of halogens is 3. The zero-order chi connectivity index (χ0) is 18.6. The van der Waals surface area contributed by atoms with Gasteiger partial charge in [-0.2, -0.15) is 13.2 Å². The SMILES string of the molecule is COC(=O)c1cc(OC)c(Oc2ccc(C(F)(F)F)cc2)c(OC)c1. The summed E-state index contributed by atoms with van der Waals surface area (Å²) in [5.74, 6) is 0.00445. The van der Waals surface area contributed by atoms with Crippen LogP contribution in [-0.4, -0.2) is 27.3 Å². The standard InChI is InChI=1S/C17H15F3O5/c1-22-13-8-10(16(21)24-3)9-14(23-2)15(13)25-12-6-4-11(5-7-12)17(18,19)20/h4-9H,1-3H3. The number of esters is 1. The number of hydrogen-bond donors (Lipinski definition) is 0. The van der Waals surface area contributed by atoms with Crippen LogP contribution in [0.25, 0.3) is 0 Å². The Morgan fingerprint density at radius 1 is 0.920 bits per heavy atom. The maximum Gasteiger partial charge on any atom is 0.416 e. The number of alkyl halides is 3. The summed E-state index contributed by atoms with van der Waals surface area (Å²) < 4.78 is 58.4. The number of carbonyl (C=O) groups excluding carboxylic acids is 1. The molecule has 2 rings (SSSR count). The molecule has 0 saturated carbocycles. The summed E-state index contributed by atoms with van der Waals surface area (Å²) in [6.45, 7) is 0. The predicted molar refractivity (Wildman–Crippen MR) is 82.4 cm³/mol. The molecular weight excluding hydrogens is 341 g/mol. The molecule has 5 nitrogen and oxygen atoms in total. The molecular formula is C17H15F3O5. The van der Waals surface area contributed by atoms with E-state index in [9.17, 15) is 18.0 Å². The Hall–Kier alpha value is -2.90. The number of benzene rings is 2. The maximum absolute atomic E-state index is 12.6. The first-order valence-electron chi connectivity index (χ1n) is 6.99. The summed E-state index contributed by atoms with van der Waals surface area (Å²) in [5, 5.41) is 0. The average molecular weight is 356 g/mol. The zero-order valence-electron chi connectivity index (χ0n) is 13.6. The third-order valence-electron chi connectivity index (χ3n) is 3.28. The molecule has 0 aliphatic carbocycles. The Morgan fingerprint density at radius 3 is 1.84 bits per heavy atom. The lowest BCUT2D eigenvalue weighted by Crippen LogP contribution is -2.05. The Balaban J connectivity index is 2.39. The van der Waals surface area contributed by atoms with Crippen LogP contribution in [0.15, 0.2) is 36.4 Å². The van der Waals surface area contributed by atoms with Gasteiger partial charge in [0.1, 0.15) is 5.75 Å². The summed E-state index contributed by atoms with van der Waals surface area (Å²) in [6, 6.07) is 6.92. The molecule has 0 heterocycles. The van der Waals surface area contributed by atoms with E-state index in [1.54, 1.807) is 0 Å². The van der Waals surface area contributed by atoms with Gasteiger partial charge in [0, 0.05) is 0 Å². The summed E-state index contributed by atoms with van der Waals surface area (Å²) in [5.41, 5.74) is -0.615. The van der Waals surface area contributed by atoms with Crippen LogP contribution in [0.1, 0.15) is 15.9 Å². The van der Waals surface area contributed by atoms with Gasteiger partial charge >= 0.3 is 12.1 Å². The van der Waals surface area contributed by atoms with Crippen LogP contribution in [0.2, 0.25) is 0 Å². The molecule has 0 radical (unpaired) electrons. The maximum atomic E-state index is 12.6. The lowest BCUT2D eigenvalue weighted by molar-refractivity contribution is -0.137.